The molecule has 0 amide bonds. The summed E-state index contributed by atoms with van der Waals surface area (Å²) >= 11 is 0. The van der Waals surface area contributed by atoms with Crippen LogP contribution in [-0.2, 0) is 9.47 Å². The Bertz CT molecular complexity index is 1650. The van der Waals surface area contributed by atoms with Gasteiger partial charge in [0, 0.05) is 47.8 Å². The Balaban J connectivity index is 1.24. The van der Waals surface area contributed by atoms with Crippen molar-refractivity contribution in [3.63, 3.8) is 0 Å². The third-order valence-corrected chi connectivity index (χ3v) is 9.38. The lowest BCUT2D eigenvalue weighted by atomic mass is 9.81. The molecule has 242 valence electrons. The van der Waals surface area contributed by atoms with E-state index in [1.165, 1.54) is 0 Å². The van der Waals surface area contributed by atoms with Gasteiger partial charge in [-0.3, -0.25) is 0 Å². The smallest absolute Gasteiger partial charge is 0.338 e. The lowest BCUT2D eigenvalue weighted by molar-refractivity contribution is -0.00764. The molecular weight excluding hydrogens is 572 g/mol. The Kier molecular flexibility index (Phi) is 8.05. The number of ether oxygens (including phenoxy) is 2. The van der Waals surface area contributed by atoms with Crippen LogP contribution < -0.4 is 10.6 Å². The highest BCUT2D eigenvalue weighted by atomic mass is 16.5. The van der Waals surface area contributed by atoms with Crippen LogP contribution >= 0.6 is 0 Å². The molecular formula is C40H48N2O4. The third-order valence-electron chi connectivity index (χ3n) is 9.38. The first-order valence-electron chi connectivity index (χ1n) is 16.5. The molecule has 4 aromatic carbocycles. The molecule has 6 heteroatoms. The van der Waals surface area contributed by atoms with Crippen molar-refractivity contribution in [2.75, 3.05) is 0 Å². The van der Waals surface area contributed by atoms with Crippen LogP contribution in [0.5, 0.6) is 0 Å². The Labute approximate surface area is 273 Å². The van der Waals surface area contributed by atoms with Crippen LogP contribution in [0.1, 0.15) is 102 Å². The minimum Gasteiger partial charge on any atom is -0.459 e. The number of esters is 2. The molecule has 2 aliphatic heterocycles. The van der Waals surface area contributed by atoms with E-state index >= 15 is 0 Å². The van der Waals surface area contributed by atoms with Gasteiger partial charge in [0.15, 0.2) is 0 Å². The monoisotopic (exact) mass is 620 g/mol. The second kappa shape index (κ2) is 11.5. The number of nitrogens with one attached hydrogen (secondary N) is 2. The minimum absolute atomic E-state index is 0.105. The van der Waals surface area contributed by atoms with Gasteiger partial charge in [-0.1, -0.05) is 48.5 Å². The fourth-order valence-electron chi connectivity index (χ4n) is 8.35. The summed E-state index contributed by atoms with van der Waals surface area (Å²) in [6.45, 7) is 17.2. The van der Waals surface area contributed by atoms with Gasteiger partial charge in [0.05, 0.1) is 11.1 Å². The fraction of sp³-hybridized carbons (Fsp3) is 0.450. The summed E-state index contributed by atoms with van der Waals surface area (Å²) in [6, 6.07) is 24.0. The zero-order valence-electron chi connectivity index (χ0n) is 28.5. The van der Waals surface area contributed by atoms with Crippen molar-refractivity contribution in [3.05, 3.63) is 83.9 Å². The van der Waals surface area contributed by atoms with E-state index in [9.17, 15) is 9.59 Å². The zero-order valence-corrected chi connectivity index (χ0v) is 28.5. The van der Waals surface area contributed by atoms with Gasteiger partial charge in [0.25, 0.3) is 0 Å². The van der Waals surface area contributed by atoms with Crippen molar-refractivity contribution in [2.45, 2.75) is 115 Å². The highest BCUT2D eigenvalue weighted by molar-refractivity contribution is 6.08. The number of piperidine rings is 2. The number of hydrogen-bond donors (Lipinski definition) is 2. The first-order valence-corrected chi connectivity index (χ1v) is 16.5. The molecule has 0 aromatic heterocycles. The number of carbonyl (C=O) groups is 2. The van der Waals surface area contributed by atoms with E-state index in [1.807, 2.05) is 60.7 Å². The fourth-order valence-corrected chi connectivity index (χ4v) is 8.35. The second-order valence-corrected chi connectivity index (χ2v) is 16.1. The van der Waals surface area contributed by atoms with E-state index < -0.39 is 0 Å². The SMILES string of the molecule is CC1(C)CC(OC(=O)c2ccc3c(-c4cccc5cc(C(=O)OC6CC(C)(C)NC(C)(C)C6)ccc45)cccc3c2)CC(C)(C)N1. The van der Waals surface area contributed by atoms with Crippen LogP contribution in [0, 0.1) is 0 Å². The van der Waals surface area contributed by atoms with E-state index in [1.54, 1.807) is 0 Å². The molecule has 6 rings (SSSR count). The molecule has 6 nitrogen and oxygen atoms in total. The minimum atomic E-state index is -0.285. The lowest BCUT2D eigenvalue weighted by Crippen LogP contribution is -2.59. The maximum absolute atomic E-state index is 13.3. The van der Waals surface area contributed by atoms with Gasteiger partial charge in [0.1, 0.15) is 12.2 Å². The summed E-state index contributed by atoms with van der Waals surface area (Å²) in [5.41, 5.74) is 2.83. The van der Waals surface area contributed by atoms with Crippen molar-refractivity contribution in [3.8, 4) is 11.1 Å². The number of fused-ring (bicyclic) bond motifs is 2. The summed E-state index contributed by atoms with van der Waals surface area (Å²) < 4.78 is 12.1. The molecule has 0 atom stereocenters. The average molecular weight is 621 g/mol. The van der Waals surface area contributed by atoms with Gasteiger partial charge in [-0.25, -0.2) is 9.59 Å². The third kappa shape index (κ3) is 6.98. The van der Waals surface area contributed by atoms with Crippen LogP contribution in [0.3, 0.4) is 0 Å². The summed E-state index contributed by atoms with van der Waals surface area (Å²) in [5, 5.41) is 11.3. The van der Waals surface area contributed by atoms with Gasteiger partial charge in [-0.15, -0.1) is 0 Å². The van der Waals surface area contributed by atoms with Gasteiger partial charge in [0.2, 0.25) is 0 Å². The van der Waals surface area contributed by atoms with E-state index in [-0.39, 0.29) is 46.3 Å². The molecule has 0 saturated carbocycles. The summed E-state index contributed by atoms with van der Waals surface area (Å²) in [7, 11) is 0. The van der Waals surface area contributed by atoms with Crippen molar-refractivity contribution in [1.29, 1.82) is 0 Å². The molecule has 0 bridgehead atoms. The molecule has 2 fully saturated rings. The Morgan fingerprint density at radius 1 is 0.543 bits per heavy atom. The van der Waals surface area contributed by atoms with Crippen molar-refractivity contribution in [2.24, 2.45) is 0 Å². The molecule has 2 aliphatic rings. The van der Waals surface area contributed by atoms with Crippen LogP contribution in [0.4, 0.5) is 0 Å². The number of carbonyl (C=O) groups excluding carboxylic acids is 2. The van der Waals surface area contributed by atoms with Crippen LogP contribution in [0.2, 0.25) is 0 Å². The molecule has 46 heavy (non-hydrogen) atoms. The largest absolute Gasteiger partial charge is 0.459 e. The van der Waals surface area contributed by atoms with Gasteiger partial charge >= 0.3 is 11.9 Å². The first-order chi connectivity index (χ1) is 21.5. The Morgan fingerprint density at radius 3 is 1.24 bits per heavy atom. The second-order valence-electron chi connectivity index (χ2n) is 16.1. The quantitative estimate of drug-likeness (QED) is 0.218. The first kappa shape index (κ1) is 32.2. The van der Waals surface area contributed by atoms with Crippen molar-refractivity contribution in [1.82, 2.24) is 10.6 Å². The summed E-state index contributed by atoms with van der Waals surface area (Å²) in [6.07, 6.45) is 2.81. The average Bonchev–Trinajstić information content (AvgIpc) is 2.92. The maximum Gasteiger partial charge on any atom is 0.338 e. The van der Waals surface area contributed by atoms with E-state index in [4.69, 9.17) is 9.47 Å². The molecule has 4 aromatic rings. The molecule has 2 heterocycles. The van der Waals surface area contributed by atoms with Crippen molar-refractivity contribution < 1.29 is 19.1 Å². The van der Waals surface area contributed by atoms with Gasteiger partial charge in [-0.05, 0) is 112 Å². The summed E-state index contributed by atoms with van der Waals surface area (Å²) in [5.74, 6) is -0.570. The number of hydrogen-bond acceptors (Lipinski definition) is 6. The Morgan fingerprint density at radius 2 is 0.891 bits per heavy atom. The molecule has 0 spiro atoms. The van der Waals surface area contributed by atoms with Gasteiger partial charge < -0.3 is 20.1 Å². The van der Waals surface area contributed by atoms with Crippen molar-refractivity contribution >= 4 is 33.5 Å². The number of rotatable bonds is 5. The lowest BCUT2D eigenvalue weighted by Gasteiger charge is -2.45. The van der Waals surface area contributed by atoms with E-state index in [0.29, 0.717) is 11.1 Å². The van der Waals surface area contributed by atoms with Crippen LogP contribution in [-0.4, -0.2) is 46.3 Å². The van der Waals surface area contributed by atoms with Crippen LogP contribution in [0.15, 0.2) is 72.8 Å². The molecule has 0 aliphatic carbocycles. The molecule has 0 radical (unpaired) electrons. The number of benzene rings is 4. The van der Waals surface area contributed by atoms with Crippen LogP contribution in [0.25, 0.3) is 32.7 Å². The Hall–Kier alpha value is -3.74. The molecule has 2 saturated heterocycles. The van der Waals surface area contributed by atoms with E-state index in [2.05, 4.69) is 78.2 Å². The maximum atomic E-state index is 13.3. The van der Waals surface area contributed by atoms with Gasteiger partial charge in [-0.2, -0.15) is 0 Å². The predicted octanol–water partition coefficient (Wildman–Crippen LogP) is 8.59. The highest BCUT2D eigenvalue weighted by Crippen LogP contribution is 2.36. The normalized spacial score (nSPS) is 20.8. The molecule has 2 N–H and O–H groups in total. The highest BCUT2D eigenvalue weighted by Gasteiger charge is 2.40. The summed E-state index contributed by atoms with van der Waals surface area (Å²) in [4.78, 5) is 26.6. The van der Waals surface area contributed by atoms with E-state index in [0.717, 1.165) is 58.4 Å². The zero-order chi connectivity index (χ0) is 33.1. The molecule has 0 unspecified atom stereocenters. The predicted molar refractivity (Wildman–Crippen MR) is 186 cm³/mol. The standard InChI is InChI=1S/C40H48N2O4/c1-37(2)21-29(22-38(3,4)41-37)45-35(43)27-15-17-31-25(19-27)11-9-13-33(31)34-14-10-12-26-20-28(16-18-32(26)34)36(44)46-30-23-39(5,6)42-40(7,8)24-30/h9-20,29-30,41-42H,21-24H2,1-8H3. The topological polar surface area (TPSA) is 76.7 Å².